The van der Waals surface area contributed by atoms with E-state index in [0.717, 1.165) is 25.7 Å². The molecular weight excluding hydrogens is 256 g/mol. The zero-order chi connectivity index (χ0) is 14.5. The molecule has 0 saturated carbocycles. The van der Waals surface area contributed by atoms with E-state index in [1.165, 1.54) is 0 Å². The molecule has 0 bridgehead atoms. The second-order valence-electron chi connectivity index (χ2n) is 5.53. The molecule has 2 heterocycles. The summed E-state index contributed by atoms with van der Waals surface area (Å²) in [6, 6.07) is 0. The van der Waals surface area contributed by atoms with Gasteiger partial charge < -0.3 is 19.7 Å². The van der Waals surface area contributed by atoms with E-state index in [9.17, 15) is 10.2 Å². The van der Waals surface area contributed by atoms with Gasteiger partial charge in [-0.2, -0.15) is 0 Å². The van der Waals surface area contributed by atoms with Crippen molar-refractivity contribution in [1.82, 2.24) is 0 Å². The Morgan fingerprint density at radius 1 is 0.850 bits per heavy atom. The van der Waals surface area contributed by atoms with E-state index < -0.39 is 12.2 Å². The Hall–Kier alpha value is -1.04. The molecule has 2 rings (SSSR count). The first kappa shape index (κ1) is 15.4. The molecule has 110 valence electrons. The van der Waals surface area contributed by atoms with Crippen LogP contribution in [0.2, 0.25) is 0 Å². The normalized spacial score (nSPS) is 36.2. The standard InChI is InChI=1S/C16H22O4/c1-3-5-11(17)13-7-9-15(19-13)16-10-8-14(20-16)12(18)6-4-2/h1-2,11-18H,5-10H2/t11?,12?,13-,14-,15-,16-/m0/s1. The molecule has 4 heteroatoms. The first-order valence-corrected chi connectivity index (χ1v) is 7.19. The summed E-state index contributed by atoms with van der Waals surface area (Å²) in [7, 11) is 0. The van der Waals surface area contributed by atoms with E-state index in [1.54, 1.807) is 0 Å². The average Bonchev–Trinajstić information content (AvgIpc) is 3.08. The van der Waals surface area contributed by atoms with Gasteiger partial charge in [-0.3, -0.25) is 0 Å². The summed E-state index contributed by atoms with van der Waals surface area (Å²) < 4.78 is 11.7. The maximum Gasteiger partial charge on any atom is 0.0910 e. The molecule has 0 aromatic heterocycles. The lowest BCUT2D eigenvalue weighted by Crippen LogP contribution is -2.33. The van der Waals surface area contributed by atoms with Gasteiger partial charge in [0.15, 0.2) is 0 Å². The average molecular weight is 278 g/mol. The van der Waals surface area contributed by atoms with Crippen LogP contribution < -0.4 is 0 Å². The van der Waals surface area contributed by atoms with Crippen LogP contribution >= 0.6 is 0 Å². The van der Waals surface area contributed by atoms with Crippen LogP contribution in [0.5, 0.6) is 0 Å². The van der Waals surface area contributed by atoms with Gasteiger partial charge in [0.2, 0.25) is 0 Å². The molecule has 2 fully saturated rings. The molecule has 2 N–H and O–H groups in total. The van der Waals surface area contributed by atoms with Crippen molar-refractivity contribution in [3.05, 3.63) is 0 Å². The minimum Gasteiger partial charge on any atom is -0.389 e. The fraction of sp³-hybridized carbons (Fsp3) is 0.750. The third-order valence-corrected chi connectivity index (χ3v) is 4.10. The summed E-state index contributed by atoms with van der Waals surface area (Å²) in [4.78, 5) is 0. The van der Waals surface area contributed by atoms with Crippen molar-refractivity contribution in [3.8, 4) is 24.7 Å². The summed E-state index contributed by atoms with van der Waals surface area (Å²) in [5.74, 6) is 4.90. The first-order valence-electron chi connectivity index (χ1n) is 7.19. The van der Waals surface area contributed by atoms with Crippen molar-refractivity contribution in [1.29, 1.82) is 0 Å². The van der Waals surface area contributed by atoms with E-state index in [2.05, 4.69) is 11.8 Å². The fourth-order valence-corrected chi connectivity index (χ4v) is 3.00. The van der Waals surface area contributed by atoms with Crippen molar-refractivity contribution < 1.29 is 19.7 Å². The molecule has 0 aliphatic carbocycles. The number of ether oxygens (including phenoxy) is 2. The molecule has 0 aromatic rings. The van der Waals surface area contributed by atoms with Gasteiger partial charge in [0.05, 0.1) is 36.6 Å². The number of terminal acetylenes is 2. The Morgan fingerprint density at radius 3 is 1.60 bits per heavy atom. The van der Waals surface area contributed by atoms with Crippen molar-refractivity contribution in [2.75, 3.05) is 0 Å². The van der Waals surface area contributed by atoms with Crippen LogP contribution in [0.3, 0.4) is 0 Å². The monoisotopic (exact) mass is 278 g/mol. The van der Waals surface area contributed by atoms with Gasteiger partial charge in [-0.15, -0.1) is 24.7 Å². The molecule has 2 aliphatic rings. The van der Waals surface area contributed by atoms with Gasteiger partial charge in [-0.1, -0.05) is 0 Å². The SMILES string of the molecule is C#CCC(O)[C@@H]1CC[C@@H]([C@@H]2CC[C@@H](C(O)CC#C)O2)O1. The maximum atomic E-state index is 9.85. The Balaban J connectivity index is 1.81. The van der Waals surface area contributed by atoms with E-state index in [0.29, 0.717) is 12.8 Å². The van der Waals surface area contributed by atoms with Crippen LogP contribution in [0.25, 0.3) is 0 Å². The molecule has 6 atom stereocenters. The Morgan fingerprint density at radius 2 is 1.25 bits per heavy atom. The second-order valence-corrected chi connectivity index (χ2v) is 5.53. The van der Waals surface area contributed by atoms with Gasteiger partial charge in [-0.05, 0) is 25.7 Å². The lowest BCUT2D eigenvalue weighted by Gasteiger charge is -2.23. The summed E-state index contributed by atoms with van der Waals surface area (Å²) in [6.45, 7) is 0. The Kier molecular flexibility index (Phi) is 5.46. The van der Waals surface area contributed by atoms with Crippen LogP contribution in [0.4, 0.5) is 0 Å². The summed E-state index contributed by atoms with van der Waals surface area (Å²) in [5, 5.41) is 19.7. The van der Waals surface area contributed by atoms with Crippen LogP contribution in [-0.4, -0.2) is 46.8 Å². The molecule has 4 nitrogen and oxygen atoms in total. The molecule has 2 saturated heterocycles. The number of aliphatic hydroxyl groups excluding tert-OH is 2. The molecule has 0 aromatic carbocycles. The van der Waals surface area contributed by atoms with Crippen molar-refractivity contribution in [3.63, 3.8) is 0 Å². The van der Waals surface area contributed by atoms with E-state index in [1.807, 2.05) is 0 Å². The quantitative estimate of drug-likeness (QED) is 0.732. The van der Waals surface area contributed by atoms with Gasteiger partial charge >= 0.3 is 0 Å². The lowest BCUT2D eigenvalue weighted by molar-refractivity contribution is -0.107. The minimum absolute atomic E-state index is 0.0181. The van der Waals surface area contributed by atoms with Crippen LogP contribution in [0, 0.1) is 24.7 Å². The van der Waals surface area contributed by atoms with Gasteiger partial charge in [0.25, 0.3) is 0 Å². The highest BCUT2D eigenvalue weighted by Crippen LogP contribution is 2.33. The molecule has 0 spiro atoms. The maximum absolute atomic E-state index is 9.85. The van der Waals surface area contributed by atoms with Gasteiger partial charge in [-0.25, -0.2) is 0 Å². The van der Waals surface area contributed by atoms with Crippen molar-refractivity contribution in [2.45, 2.75) is 75.1 Å². The van der Waals surface area contributed by atoms with E-state index in [4.69, 9.17) is 22.3 Å². The third-order valence-electron chi connectivity index (χ3n) is 4.10. The zero-order valence-corrected chi connectivity index (χ0v) is 11.6. The largest absolute Gasteiger partial charge is 0.389 e. The number of hydrogen-bond donors (Lipinski definition) is 2. The molecule has 0 amide bonds. The number of aliphatic hydroxyl groups is 2. The van der Waals surface area contributed by atoms with Gasteiger partial charge in [0.1, 0.15) is 0 Å². The smallest absolute Gasteiger partial charge is 0.0910 e. The van der Waals surface area contributed by atoms with Gasteiger partial charge in [0, 0.05) is 12.8 Å². The van der Waals surface area contributed by atoms with Crippen molar-refractivity contribution >= 4 is 0 Å². The highest BCUT2D eigenvalue weighted by Gasteiger charge is 2.40. The molecule has 2 aliphatic heterocycles. The Bertz CT molecular complexity index is 356. The van der Waals surface area contributed by atoms with Crippen molar-refractivity contribution in [2.24, 2.45) is 0 Å². The lowest BCUT2D eigenvalue weighted by atomic mass is 10.0. The molecule has 20 heavy (non-hydrogen) atoms. The van der Waals surface area contributed by atoms with E-state index >= 15 is 0 Å². The molecule has 0 radical (unpaired) electrons. The summed E-state index contributed by atoms with van der Waals surface area (Å²) >= 11 is 0. The highest BCUT2D eigenvalue weighted by molar-refractivity contribution is 4.95. The topological polar surface area (TPSA) is 58.9 Å². The predicted molar refractivity (Wildman–Crippen MR) is 74.7 cm³/mol. The zero-order valence-electron chi connectivity index (χ0n) is 11.6. The van der Waals surface area contributed by atoms with E-state index in [-0.39, 0.29) is 24.4 Å². The third kappa shape index (κ3) is 3.53. The molecular formula is C16H22O4. The van der Waals surface area contributed by atoms with Crippen LogP contribution in [0.1, 0.15) is 38.5 Å². The minimum atomic E-state index is -0.603. The summed E-state index contributed by atoms with van der Waals surface area (Å²) in [5.41, 5.74) is 0. The van der Waals surface area contributed by atoms with Crippen LogP contribution in [0.15, 0.2) is 0 Å². The second kappa shape index (κ2) is 7.11. The first-order chi connectivity index (χ1) is 9.65. The molecule has 2 unspecified atom stereocenters. The predicted octanol–water partition coefficient (Wildman–Crippen LogP) is 0.850. The summed E-state index contributed by atoms with van der Waals surface area (Å²) in [6.07, 6.45) is 12.7. The Labute approximate surface area is 120 Å². The number of rotatable bonds is 5. The fourth-order valence-electron chi connectivity index (χ4n) is 3.00. The van der Waals surface area contributed by atoms with Crippen LogP contribution in [-0.2, 0) is 9.47 Å². The number of hydrogen-bond acceptors (Lipinski definition) is 4. The highest BCUT2D eigenvalue weighted by atomic mass is 16.6.